The molecular weight excluding hydrogens is 304 g/mol. The molecule has 1 fully saturated rings. The minimum atomic E-state index is 0.630. The zero-order valence-corrected chi connectivity index (χ0v) is 14.9. The van der Waals surface area contributed by atoms with Crippen molar-refractivity contribution in [3.63, 3.8) is 0 Å². The highest BCUT2D eigenvalue weighted by atomic mass is 15.2. The Hall–Kier alpha value is -2.35. The number of anilines is 1. The van der Waals surface area contributed by atoms with Gasteiger partial charge in [-0.3, -0.25) is 4.98 Å². The highest BCUT2D eigenvalue weighted by Crippen LogP contribution is 2.30. The van der Waals surface area contributed by atoms with Gasteiger partial charge < -0.3 is 4.90 Å². The molecule has 2 aromatic carbocycles. The van der Waals surface area contributed by atoms with Gasteiger partial charge in [0.25, 0.3) is 0 Å². The van der Waals surface area contributed by atoms with Crippen LogP contribution in [-0.2, 0) is 6.42 Å². The van der Waals surface area contributed by atoms with Crippen molar-refractivity contribution in [1.82, 2.24) is 4.98 Å². The summed E-state index contributed by atoms with van der Waals surface area (Å²) in [5.74, 6) is 0.769. The third-order valence-electron chi connectivity index (χ3n) is 5.52. The molecule has 2 heterocycles. The Bertz CT molecular complexity index is 828. The van der Waals surface area contributed by atoms with Crippen molar-refractivity contribution in [1.29, 1.82) is 0 Å². The summed E-state index contributed by atoms with van der Waals surface area (Å²) in [5.41, 5.74) is 2.78. The number of benzene rings is 2. The van der Waals surface area contributed by atoms with E-state index in [2.05, 4.69) is 71.4 Å². The van der Waals surface area contributed by atoms with Crippen LogP contribution in [0.15, 0.2) is 67.0 Å². The first-order chi connectivity index (χ1) is 12.3. The summed E-state index contributed by atoms with van der Waals surface area (Å²) in [6.07, 6.45) is 8.81. The Morgan fingerprint density at radius 3 is 2.60 bits per heavy atom. The molecule has 0 N–H and O–H groups in total. The topological polar surface area (TPSA) is 16.1 Å². The maximum Gasteiger partial charge on any atom is 0.0399 e. The highest BCUT2D eigenvalue weighted by molar-refractivity contribution is 5.82. The first-order valence-corrected chi connectivity index (χ1v) is 9.44. The molecule has 1 saturated heterocycles. The molecule has 0 radical (unpaired) electrons. The Morgan fingerprint density at radius 1 is 0.960 bits per heavy atom. The van der Waals surface area contributed by atoms with Crippen LogP contribution in [0.5, 0.6) is 0 Å². The fourth-order valence-electron chi connectivity index (χ4n) is 4.09. The number of pyridine rings is 1. The molecule has 3 aromatic rings. The van der Waals surface area contributed by atoms with Gasteiger partial charge in [0.15, 0.2) is 0 Å². The van der Waals surface area contributed by atoms with Crippen LogP contribution in [0.25, 0.3) is 10.8 Å². The smallest absolute Gasteiger partial charge is 0.0399 e. The molecule has 0 aliphatic carbocycles. The summed E-state index contributed by atoms with van der Waals surface area (Å²) in [6.45, 7) is 3.53. The number of piperidine rings is 1. The number of nitrogens with zero attached hydrogens (tertiary/aromatic N) is 2. The second-order valence-electron chi connectivity index (χ2n) is 7.41. The van der Waals surface area contributed by atoms with Crippen LogP contribution in [-0.4, -0.2) is 17.6 Å². The zero-order valence-electron chi connectivity index (χ0n) is 14.9. The van der Waals surface area contributed by atoms with Crippen molar-refractivity contribution in [3.8, 4) is 0 Å². The van der Waals surface area contributed by atoms with Gasteiger partial charge in [-0.1, -0.05) is 49.4 Å². The summed E-state index contributed by atoms with van der Waals surface area (Å²) in [6, 6.07) is 20.5. The Morgan fingerprint density at radius 2 is 1.76 bits per heavy atom. The van der Waals surface area contributed by atoms with E-state index in [1.807, 2.05) is 12.4 Å². The molecule has 2 nitrogen and oxygen atoms in total. The molecule has 1 aromatic heterocycles. The van der Waals surface area contributed by atoms with E-state index in [0.717, 1.165) is 18.9 Å². The zero-order chi connectivity index (χ0) is 17.1. The number of aryl methyl sites for hydroxylation is 1. The van der Waals surface area contributed by atoms with Gasteiger partial charge in [-0.25, -0.2) is 0 Å². The number of hydrogen-bond donors (Lipinski definition) is 0. The van der Waals surface area contributed by atoms with Crippen LogP contribution < -0.4 is 4.90 Å². The third kappa shape index (κ3) is 3.68. The molecule has 0 spiro atoms. The van der Waals surface area contributed by atoms with Crippen LogP contribution in [0, 0.1) is 5.92 Å². The molecule has 0 bridgehead atoms. The van der Waals surface area contributed by atoms with Gasteiger partial charge in [0, 0.05) is 30.7 Å². The fourth-order valence-corrected chi connectivity index (χ4v) is 4.09. The monoisotopic (exact) mass is 330 g/mol. The second-order valence-corrected chi connectivity index (χ2v) is 7.41. The minimum absolute atomic E-state index is 0.630. The molecule has 1 aliphatic rings. The summed E-state index contributed by atoms with van der Waals surface area (Å²) in [5, 5.41) is 2.68. The molecule has 0 saturated carbocycles. The number of hydrogen-bond acceptors (Lipinski definition) is 2. The maximum atomic E-state index is 4.18. The van der Waals surface area contributed by atoms with Crippen molar-refractivity contribution in [2.24, 2.45) is 5.92 Å². The van der Waals surface area contributed by atoms with Crippen molar-refractivity contribution >= 4 is 16.5 Å². The van der Waals surface area contributed by atoms with E-state index in [9.17, 15) is 0 Å². The average Bonchev–Trinajstić information content (AvgIpc) is 2.67. The molecular formula is C23H26N2. The van der Waals surface area contributed by atoms with E-state index in [1.54, 1.807) is 0 Å². The molecule has 0 amide bonds. The molecule has 128 valence electrons. The minimum Gasteiger partial charge on any atom is -0.368 e. The van der Waals surface area contributed by atoms with Crippen LogP contribution >= 0.6 is 0 Å². The van der Waals surface area contributed by atoms with Crippen molar-refractivity contribution < 1.29 is 0 Å². The quantitative estimate of drug-likeness (QED) is 0.630. The fraction of sp³-hybridized carbons (Fsp3) is 0.348. The largest absolute Gasteiger partial charge is 0.368 e. The van der Waals surface area contributed by atoms with Crippen LogP contribution in [0.1, 0.15) is 31.7 Å². The van der Waals surface area contributed by atoms with E-state index in [-0.39, 0.29) is 0 Å². The lowest BCUT2D eigenvalue weighted by atomic mass is 9.90. The summed E-state index contributed by atoms with van der Waals surface area (Å²) in [4.78, 5) is 6.79. The number of rotatable bonds is 4. The first-order valence-electron chi connectivity index (χ1n) is 9.44. The van der Waals surface area contributed by atoms with Gasteiger partial charge in [-0.05, 0) is 60.1 Å². The predicted octanol–water partition coefficient (Wildman–Crippen LogP) is 5.47. The van der Waals surface area contributed by atoms with Gasteiger partial charge in [-0.2, -0.15) is 0 Å². The van der Waals surface area contributed by atoms with Crippen molar-refractivity contribution in [2.75, 3.05) is 11.4 Å². The SMILES string of the molecule is CC1CCC(CCc2ccc3ccccc3c2)N(c2ccncc2)C1. The lowest BCUT2D eigenvalue weighted by Gasteiger charge is -2.40. The van der Waals surface area contributed by atoms with E-state index in [4.69, 9.17) is 0 Å². The molecule has 25 heavy (non-hydrogen) atoms. The Kier molecular flexibility index (Phi) is 4.69. The third-order valence-corrected chi connectivity index (χ3v) is 5.52. The van der Waals surface area contributed by atoms with Crippen LogP contribution in [0.4, 0.5) is 5.69 Å². The standard InChI is InChI=1S/C23H26N2/c1-18-6-10-22(25(17-18)23-12-14-24-15-13-23)11-8-19-7-9-20-4-2-3-5-21(20)16-19/h2-5,7,9,12-16,18,22H,6,8,10-11,17H2,1H3. The molecule has 2 atom stereocenters. The number of aromatic nitrogens is 1. The molecule has 1 aliphatic heterocycles. The number of fused-ring (bicyclic) bond motifs is 1. The summed E-state index contributed by atoms with van der Waals surface area (Å²) in [7, 11) is 0. The lowest BCUT2D eigenvalue weighted by molar-refractivity contribution is 0.363. The van der Waals surface area contributed by atoms with Gasteiger partial charge >= 0.3 is 0 Å². The molecule has 4 rings (SSSR count). The highest BCUT2D eigenvalue weighted by Gasteiger charge is 2.26. The van der Waals surface area contributed by atoms with Crippen LogP contribution in [0.2, 0.25) is 0 Å². The van der Waals surface area contributed by atoms with E-state index in [0.29, 0.717) is 6.04 Å². The Balaban J connectivity index is 1.49. The van der Waals surface area contributed by atoms with Gasteiger partial charge in [-0.15, -0.1) is 0 Å². The first kappa shape index (κ1) is 16.1. The maximum absolute atomic E-state index is 4.18. The van der Waals surface area contributed by atoms with Crippen molar-refractivity contribution in [3.05, 3.63) is 72.6 Å². The van der Waals surface area contributed by atoms with E-state index in [1.165, 1.54) is 41.3 Å². The predicted molar refractivity (Wildman–Crippen MR) is 106 cm³/mol. The van der Waals surface area contributed by atoms with Gasteiger partial charge in [0.1, 0.15) is 0 Å². The Labute approximate surface area is 150 Å². The second kappa shape index (κ2) is 7.26. The normalized spacial score (nSPS) is 20.8. The van der Waals surface area contributed by atoms with E-state index < -0.39 is 0 Å². The molecule has 2 heteroatoms. The van der Waals surface area contributed by atoms with Crippen molar-refractivity contribution in [2.45, 2.75) is 38.6 Å². The van der Waals surface area contributed by atoms with Gasteiger partial charge in [0.05, 0.1) is 0 Å². The average molecular weight is 330 g/mol. The molecule has 2 unspecified atom stereocenters. The van der Waals surface area contributed by atoms with Gasteiger partial charge in [0.2, 0.25) is 0 Å². The lowest BCUT2D eigenvalue weighted by Crippen LogP contribution is -2.43. The summed E-state index contributed by atoms with van der Waals surface area (Å²) >= 11 is 0. The van der Waals surface area contributed by atoms with E-state index >= 15 is 0 Å². The van der Waals surface area contributed by atoms with Crippen LogP contribution in [0.3, 0.4) is 0 Å². The summed E-state index contributed by atoms with van der Waals surface area (Å²) < 4.78 is 0.